The van der Waals surface area contributed by atoms with Crippen LogP contribution >= 0.6 is 0 Å². The van der Waals surface area contributed by atoms with Crippen LogP contribution in [0.4, 0.5) is 0 Å². The molecule has 0 aliphatic carbocycles. The van der Waals surface area contributed by atoms with E-state index in [1.165, 1.54) is 0 Å². The summed E-state index contributed by atoms with van der Waals surface area (Å²) in [7, 11) is 0. The standard InChI is InChI=1S/C10H16N4O2/c1-8(16)13-4-2-3-10(6-13)14-5-9(7-15)11-12-14/h5,10,15H,2-4,6-7H2,1H3/t10-/m1/s1. The Morgan fingerprint density at radius 3 is 3.12 bits per heavy atom. The van der Waals surface area contributed by atoms with Crippen molar-refractivity contribution in [2.75, 3.05) is 13.1 Å². The second kappa shape index (κ2) is 4.61. The third-order valence-electron chi connectivity index (χ3n) is 2.94. The van der Waals surface area contributed by atoms with Gasteiger partial charge in [-0.25, -0.2) is 4.68 Å². The Kier molecular flexibility index (Phi) is 3.19. The lowest BCUT2D eigenvalue weighted by atomic mass is 10.1. The monoisotopic (exact) mass is 224 g/mol. The van der Waals surface area contributed by atoms with Crippen molar-refractivity contribution in [3.05, 3.63) is 11.9 Å². The van der Waals surface area contributed by atoms with E-state index in [0.29, 0.717) is 12.2 Å². The molecule has 1 aromatic heterocycles. The number of carbonyl (C=O) groups is 1. The van der Waals surface area contributed by atoms with E-state index in [4.69, 9.17) is 5.11 Å². The van der Waals surface area contributed by atoms with Crippen molar-refractivity contribution >= 4 is 5.91 Å². The lowest BCUT2D eigenvalue weighted by Crippen LogP contribution is -2.39. The van der Waals surface area contributed by atoms with Crippen molar-refractivity contribution in [2.45, 2.75) is 32.4 Å². The first-order valence-corrected chi connectivity index (χ1v) is 5.48. The molecule has 1 amide bonds. The molecule has 88 valence electrons. The fourth-order valence-corrected chi connectivity index (χ4v) is 2.02. The Hall–Kier alpha value is -1.43. The molecule has 0 bridgehead atoms. The topological polar surface area (TPSA) is 71.2 Å². The van der Waals surface area contributed by atoms with E-state index in [0.717, 1.165) is 19.4 Å². The average molecular weight is 224 g/mol. The molecule has 0 unspecified atom stereocenters. The van der Waals surface area contributed by atoms with Crippen LogP contribution < -0.4 is 0 Å². The van der Waals surface area contributed by atoms with Crippen LogP contribution in [0.3, 0.4) is 0 Å². The van der Waals surface area contributed by atoms with Crippen molar-refractivity contribution < 1.29 is 9.90 Å². The van der Waals surface area contributed by atoms with E-state index >= 15 is 0 Å². The molecule has 2 heterocycles. The van der Waals surface area contributed by atoms with Crippen LogP contribution in [0.2, 0.25) is 0 Å². The molecule has 0 aromatic carbocycles. The smallest absolute Gasteiger partial charge is 0.219 e. The summed E-state index contributed by atoms with van der Waals surface area (Å²) in [6.45, 7) is 3.00. The number of amides is 1. The summed E-state index contributed by atoms with van der Waals surface area (Å²) in [6, 6.07) is 0.186. The number of aromatic nitrogens is 3. The lowest BCUT2D eigenvalue weighted by Gasteiger charge is -2.31. The molecule has 1 saturated heterocycles. The summed E-state index contributed by atoms with van der Waals surface area (Å²) in [5, 5.41) is 16.7. The second-order valence-corrected chi connectivity index (χ2v) is 4.11. The van der Waals surface area contributed by atoms with Crippen LogP contribution in [0.15, 0.2) is 6.20 Å². The first-order chi connectivity index (χ1) is 7.70. The molecule has 0 saturated carbocycles. The predicted molar refractivity (Wildman–Crippen MR) is 56.5 cm³/mol. The molecule has 1 aromatic rings. The second-order valence-electron chi connectivity index (χ2n) is 4.11. The quantitative estimate of drug-likeness (QED) is 0.764. The van der Waals surface area contributed by atoms with Crippen LogP contribution in [-0.4, -0.2) is 44.0 Å². The lowest BCUT2D eigenvalue weighted by molar-refractivity contribution is -0.130. The Morgan fingerprint density at radius 2 is 2.50 bits per heavy atom. The third-order valence-corrected chi connectivity index (χ3v) is 2.94. The molecule has 0 radical (unpaired) electrons. The Morgan fingerprint density at radius 1 is 1.69 bits per heavy atom. The van der Waals surface area contributed by atoms with E-state index in [1.807, 2.05) is 4.90 Å². The fourth-order valence-electron chi connectivity index (χ4n) is 2.02. The van der Waals surface area contributed by atoms with E-state index in [2.05, 4.69) is 10.3 Å². The largest absolute Gasteiger partial charge is 0.390 e. The van der Waals surface area contributed by atoms with E-state index < -0.39 is 0 Å². The van der Waals surface area contributed by atoms with Gasteiger partial charge in [-0.2, -0.15) is 0 Å². The third kappa shape index (κ3) is 2.21. The number of likely N-dealkylation sites (tertiary alicyclic amines) is 1. The number of nitrogens with zero attached hydrogens (tertiary/aromatic N) is 4. The molecule has 6 heteroatoms. The van der Waals surface area contributed by atoms with Crippen LogP contribution in [0.5, 0.6) is 0 Å². The highest BCUT2D eigenvalue weighted by Crippen LogP contribution is 2.20. The fraction of sp³-hybridized carbons (Fsp3) is 0.700. The van der Waals surface area contributed by atoms with Crippen molar-refractivity contribution in [1.82, 2.24) is 19.9 Å². The molecule has 0 spiro atoms. The van der Waals surface area contributed by atoms with Crippen molar-refractivity contribution in [3.8, 4) is 0 Å². The summed E-state index contributed by atoms with van der Waals surface area (Å²) in [5.41, 5.74) is 0.569. The van der Waals surface area contributed by atoms with Gasteiger partial charge in [0.2, 0.25) is 5.91 Å². The van der Waals surface area contributed by atoms with E-state index in [1.54, 1.807) is 17.8 Å². The number of piperidine rings is 1. The summed E-state index contributed by atoms with van der Waals surface area (Å²) in [5.74, 6) is 0.104. The van der Waals surface area contributed by atoms with E-state index in [-0.39, 0.29) is 18.6 Å². The highest BCUT2D eigenvalue weighted by atomic mass is 16.3. The van der Waals surface area contributed by atoms with Gasteiger partial charge in [0.15, 0.2) is 0 Å². The number of hydrogen-bond acceptors (Lipinski definition) is 4. The number of aliphatic hydroxyl groups is 1. The van der Waals surface area contributed by atoms with Gasteiger partial charge >= 0.3 is 0 Å². The Bertz CT molecular complexity index is 377. The number of aliphatic hydroxyl groups excluding tert-OH is 1. The van der Waals surface area contributed by atoms with Crippen LogP contribution in [0.25, 0.3) is 0 Å². The van der Waals surface area contributed by atoms with Gasteiger partial charge in [0, 0.05) is 20.0 Å². The number of carbonyl (C=O) groups excluding carboxylic acids is 1. The first kappa shape index (κ1) is 11.1. The molecule has 1 fully saturated rings. The molecule has 1 atom stereocenters. The van der Waals surface area contributed by atoms with Crippen LogP contribution in [0.1, 0.15) is 31.5 Å². The van der Waals surface area contributed by atoms with Gasteiger partial charge < -0.3 is 10.0 Å². The molecule has 1 N–H and O–H groups in total. The molecule has 6 nitrogen and oxygen atoms in total. The highest BCUT2D eigenvalue weighted by Gasteiger charge is 2.23. The summed E-state index contributed by atoms with van der Waals surface area (Å²) in [6.07, 6.45) is 3.73. The SMILES string of the molecule is CC(=O)N1CCC[C@@H](n2cc(CO)nn2)C1. The Balaban J connectivity index is 2.06. The molecule has 1 aliphatic heterocycles. The zero-order valence-corrected chi connectivity index (χ0v) is 9.33. The minimum absolute atomic E-state index is 0.0941. The van der Waals surface area contributed by atoms with Gasteiger partial charge in [0.25, 0.3) is 0 Å². The number of hydrogen-bond donors (Lipinski definition) is 1. The minimum atomic E-state index is -0.0941. The van der Waals surface area contributed by atoms with Gasteiger partial charge in [-0.15, -0.1) is 5.10 Å². The average Bonchev–Trinajstić information content (AvgIpc) is 2.77. The highest BCUT2D eigenvalue weighted by molar-refractivity contribution is 5.73. The van der Waals surface area contributed by atoms with Gasteiger partial charge in [-0.3, -0.25) is 4.79 Å². The normalized spacial score (nSPS) is 21.1. The van der Waals surface area contributed by atoms with Crippen LogP contribution in [0, 0.1) is 0 Å². The molecular weight excluding hydrogens is 208 g/mol. The summed E-state index contributed by atoms with van der Waals surface area (Å²) >= 11 is 0. The molecular formula is C10H16N4O2. The van der Waals surface area contributed by atoms with Crippen molar-refractivity contribution in [3.63, 3.8) is 0 Å². The van der Waals surface area contributed by atoms with Gasteiger partial charge in [-0.1, -0.05) is 5.21 Å². The predicted octanol–water partition coefficient (Wildman–Crippen LogP) is -0.0462. The Labute approximate surface area is 93.9 Å². The van der Waals surface area contributed by atoms with Crippen LogP contribution in [-0.2, 0) is 11.4 Å². The van der Waals surface area contributed by atoms with Gasteiger partial charge in [-0.05, 0) is 12.8 Å². The molecule has 2 rings (SSSR count). The minimum Gasteiger partial charge on any atom is -0.390 e. The van der Waals surface area contributed by atoms with Gasteiger partial charge in [0.05, 0.1) is 18.8 Å². The van der Waals surface area contributed by atoms with E-state index in [9.17, 15) is 4.79 Å². The summed E-state index contributed by atoms with van der Waals surface area (Å²) in [4.78, 5) is 13.1. The maximum Gasteiger partial charge on any atom is 0.219 e. The first-order valence-electron chi connectivity index (χ1n) is 5.48. The molecule has 16 heavy (non-hydrogen) atoms. The maximum absolute atomic E-state index is 11.3. The number of rotatable bonds is 2. The summed E-state index contributed by atoms with van der Waals surface area (Å²) < 4.78 is 1.75. The van der Waals surface area contributed by atoms with Gasteiger partial charge in [0.1, 0.15) is 5.69 Å². The maximum atomic E-state index is 11.3. The van der Waals surface area contributed by atoms with Crippen molar-refractivity contribution in [2.24, 2.45) is 0 Å². The van der Waals surface area contributed by atoms with Crippen molar-refractivity contribution in [1.29, 1.82) is 0 Å². The zero-order chi connectivity index (χ0) is 11.5. The zero-order valence-electron chi connectivity index (χ0n) is 9.33. The molecule has 1 aliphatic rings.